The Hall–Kier alpha value is -2.43. The molecule has 70 heavy (non-hydrogen) atoms. The Balaban J connectivity index is 3.50. The van der Waals surface area contributed by atoms with E-state index in [9.17, 15) is 15.0 Å². The number of hydrogen-bond donors (Lipinski definition) is 3. The molecule has 0 bridgehead atoms. The molecule has 0 aliphatic carbocycles. The molecule has 0 heterocycles. The Kier molecular flexibility index (Phi) is 58.8. The van der Waals surface area contributed by atoms with Crippen molar-refractivity contribution >= 4 is 5.91 Å². The normalized spacial score (nSPS) is 13.4. The van der Waals surface area contributed by atoms with Gasteiger partial charge in [0.25, 0.3) is 0 Å². The van der Waals surface area contributed by atoms with Gasteiger partial charge in [-0.25, -0.2) is 0 Å². The van der Waals surface area contributed by atoms with Crippen molar-refractivity contribution < 1.29 is 15.0 Å². The van der Waals surface area contributed by atoms with Gasteiger partial charge in [0.2, 0.25) is 5.91 Å². The number of unbranched alkanes of at least 4 members (excludes halogenated alkanes) is 37. The Morgan fingerprint density at radius 1 is 0.357 bits per heavy atom. The van der Waals surface area contributed by atoms with Crippen LogP contribution in [0, 0.1) is 0 Å². The highest BCUT2D eigenvalue weighted by molar-refractivity contribution is 5.76. The molecule has 0 aromatic carbocycles. The largest absolute Gasteiger partial charge is 0.394 e. The van der Waals surface area contributed by atoms with Crippen molar-refractivity contribution in [3.8, 4) is 0 Å². The highest BCUT2D eigenvalue weighted by Crippen LogP contribution is 2.17. The van der Waals surface area contributed by atoms with Crippen LogP contribution in [0.15, 0.2) is 85.1 Å². The smallest absolute Gasteiger partial charge is 0.220 e. The molecule has 4 heteroatoms. The number of rotatable bonds is 56. The van der Waals surface area contributed by atoms with Gasteiger partial charge < -0.3 is 15.5 Å². The molecule has 1 amide bonds. The predicted molar refractivity (Wildman–Crippen MR) is 313 cm³/mol. The van der Waals surface area contributed by atoms with Crippen molar-refractivity contribution in [2.24, 2.45) is 0 Å². The monoisotopic (exact) mass is 974 g/mol. The van der Waals surface area contributed by atoms with E-state index in [1.54, 1.807) is 6.08 Å². The van der Waals surface area contributed by atoms with Crippen LogP contribution in [0.1, 0.15) is 309 Å². The minimum absolute atomic E-state index is 0.0711. The summed E-state index contributed by atoms with van der Waals surface area (Å²) in [4.78, 5) is 12.5. The number of carbonyl (C=O) groups excluding carboxylic acids is 1. The molecule has 2 unspecified atom stereocenters. The number of nitrogens with one attached hydrogen (secondary N) is 1. The summed E-state index contributed by atoms with van der Waals surface area (Å²) in [5.74, 6) is -0.0711. The summed E-state index contributed by atoms with van der Waals surface area (Å²) >= 11 is 0. The van der Waals surface area contributed by atoms with Crippen LogP contribution in [0.4, 0.5) is 0 Å². The molecule has 0 spiro atoms. The fraction of sp³-hybridized carbons (Fsp3) is 0.773. The van der Waals surface area contributed by atoms with E-state index in [1.165, 1.54) is 225 Å². The molecule has 3 N–H and O–H groups in total. The van der Waals surface area contributed by atoms with Crippen LogP contribution in [0.25, 0.3) is 0 Å². The van der Waals surface area contributed by atoms with E-state index < -0.39 is 12.1 Å². The van der Waals surface area contributed by atoms with Gasteiger partial charge >= 0.3 is 0 Å². The van der Waals surface area contributed by atoms with E-state index in [0.29, 0.717) is 6.42 Å². The average Bonchev–Trinajstić information content (AvgIpc) is 3.36. The molecular formula is C66H119NO3. The molecular weight excluding hydrogens is 855 g/mol. The first-order chi connectivity index (χ1) is 34.7. The van der Waals surface area contributed by atoms with Gasteiger partial charge in [-0.2, -0.15) is 0 Å². The maximum absolute atomic E-state index is 12.5. The molecule has 0 saturated heterocycles. The summed E-state index contributed by atoms with van der Waals surface area (Å²) in [7, 11) is 0. The van der Waals surface area contributed by atoms with Crippen LogP contribution in [-0.2, 0) is 4.79 Å². The Morgan fingerprint density at radius 3 is 1.00 bits per heavy atom. The van der Waals surface area contributed by atoms with Gasteiger partial charge in [-0.3, -0.25) is 4.79 Å². The number of amides is 1. The summed E-state index contributed by atoms with van der Waals surface area (Å²) in [6, 6.07) is -0.642. The lowest BCUT2D eigenvalue weighted by atomic mass is 10.0. The lowest BCUT2D eigenvalue weighted by Crippen LogP contribution is -2.45. The molecule has 0 rings (SSSR count). The minimum Gasteiger partial charge on any atom is -0.394 e. The lowest BCUT2D eigenvalue weighted by Gasteiger charge is -2.19. The summed E-state index contributed by atoms with van der Waals surface area (Å²) in [5, 5.41) is 23.2. The molecule has 0 aromatic rings. The Bertz CT molecular complexity index is 1240. The number of allylic oxidation sites excluding steroid dienone is 13. The van der Waals surface area contributed by atoms with Crippen molar-refractivity contribution in [1.82, 2.24) is 5.32 Å². The van der Waals surface area contributed by atoms with E-state index in [1.807, 2.05) is 6.08 Å². The van der Waals surface area contributed by atoms with Crippen LogP contribution in [-0.4, -0.2) is 34.9 Å². The number of hydrogen-bond acceptors (Lipinski definition) is 3. The highest BCUT2D eigenvalue weighted by Gasteiger charge is 2.18. The van der Waals surface area contributed by atoms with Gasteiger partial charge in [-0.1, -0.05) is 311 Å². The molecule has 406 valence electrons. The summed E-state index contributed by atoms with van der Waals surface area (Å²) in [6.07, 6.45) is 89.1. The first kappa shape index (κ1) is 67.6. The second-order valence-electron chi connectivity index (χ2n) is 20.7. The lowest BCUT2D eigenvalue weighted by molar-refractivity contribution is -0.123. The summed E-state index contributed by atoms with van der Waals surface area (Å²) in [5.41, 5.74) is 0. The van der Waals surface area contributed by atoms with Crippen LogP contribution < -0.4 is 5.32 Å². The topological polar surface area (TPSA) is 69.6 Å². The van der Waals surface area contributed by atoms with Crippen LogP contribution >= 0.6 is 0 Å². The van der Waals surface area contributed by atoms with E-state index >= 15 is 0 Å². The van der Waals surface area contributed by atoms with E-state index in [2.05, 4.69) is 92.1 Å². The average molecular weight is 975 g/mol. The summed E-state index contributed by atoms with van der Waals surface area (Å²) < 4.78 is 0. The van der Waals surface area contributed by atoms with Crippen LogP contribution in [0.5, 0.6) is 0 Å². The van der Waals surface area contributed by atoms with Gasteiger partial charge in [-0.15, -0.1) is 0 Å². The number of aliphatic hydroxyl groups is 2. The van der Waals surface area contributed by atoms with Crippen molar-refractivity contribution in [3.63, 3.8) is 0 Å². The summed E-state index contributed by atoms with van der Waals surface area (Å²) in [6.45, 7) is 4.21. The van der Waals surface area contributed by atoms with Gasteiger partial charge in [0.15, 0.2) is 0 Å². The molecule has 4 nitrogen and oxygen atoms in total. The van der Waals surface area contributed by atoms with E-state index in [4.69, 9.17) is 0 Å². The number of aliphatic hydroxyl groups excluding tert-OH is 2. The van der Waals surface area contributed by atoms with E-state index in [0.717, 1.165) is 64.2 Å². The molecule has 0 saturated carbocycles. The third kappa shape index (κ3) is 56.5. The molecule has 2 atom stereocenters. The fourth-order valence-electron chi connectivity index (χ4n) is 9.22. The standard InChI is InChI=1S/C66H119NO3/c1-3-5-7-9-11-13-15-17-19-21-23-25-27-28-29-30-31-32-33-34-35-36-37-38-40-42-44-46-48-50-52-54-56-58-60-62-66(70)67-64(63-68)65(69)61-59-57-55-53-51-49-47-45-43-41-39-26-24-22-20-18-16-14-12-10-8-6-4-2/h5,7,11,13,17,19,23,25,28-29,51,53,59,61,64-65,68-69H,3-4,6,8-10,12,14-16,18,20-22,24,26-27,30-50,52,54-58,60,62-63H2,1-2H3,(H,67,70)/b7-5-,13-11-,19-17-,25-23-,29-28-,53-51+,61-59+. The zero-order valence-electron chi connectivity index (χ0n) is 46.8. The zero-order chi connectivity index (χ0) is 50.6. The van der Waals surface area contributed by atoms with Crippen molar-refractivity contribution in [1.29, 1.82) is 0 Å². The molecule has 0 radical (unpaired) electrons. The maximum Gasteiger partial charge on any atom is 0.220 e. The predicted octanol–water partition coefficient (Wildman–Crippen LogP) is 20.7. The molecule has 0 aliphatic heterocycles. The van der Waals surface area contributed by atoms with Gasteiger partial charge in [0.1, 0.15) is 0 Å². The third-order valence-corrected chi connectivity index (χ3v) is 13.9. The third-order valence-electron chi connectivity index (χ3n) is 13.9. The molecule has 0 fully saturated rings. The fourth-order valence-corrected chi connectivity index (χ4v) is 9.22. The van der Waals surface area contributed by atoms with Gasteiger partial charge in [0.05, 0.1) is 18.8 Å². The first-order valence-corrected chi connectivity index (χ1v) is 30.8. The van der Waals surface area contributed by atoms with Crippen LogP contribution in [0.2, 0.25) is 0 Å². The van der Waals surface area contributed by atoms with E-state index in [-0.39, 0.29) is 12.5 Å². The van der Waals surface area contributed by atoms with Crippen molar-refractivity contribution in [2.75, 3.05) is 6.61 Å². The molecule has 0 aromatic heterocycles. The van der Waals surface area contributed by atoms with Crippen LogP contribution in [0.3, 0.4) is 0 Å². The molecule has 0 aliphatic rings. The highest BCUT2D eigenvalue weighted by atomic mass is 16.3. The first-order valence-electron chi connectivity index (χ1n) is 30.8. The number of carbonyl (C=O) groups is 1. The Labute approximate surface area is 437 Å². The van der Waals surface area contributed by atoms with Gasteiger partial charge in [-0.05, 0) is 77.0 Å². The SMILES string of the molecule is CC/C=C\C/C=C\C/C=C\C/C=C\C/C=C\CCCCCCCCCCCCCCCCCCCCCC(=O)NC(CO)C(O)/C=C/CC/C=C/CCCCCCCCCCCCCCCCCCC. The Morgan fingerprint density at radius 2 is 0.643 bits per heavy atom. The minimum atomic E-state index is -0.865. The quantitative estimate of drug-likeness (QED) is 0.0420. The second kappa shape index (κ2) is 60.9. The zero-order valence-corrected chi connectivity index (χ0v) is 46.8. The van der Waals surface area contributed by atoms with Crippen molar-refractivity contribution in [3.05, 3.63) is 85.1 Å². The van der Waals surface area contributed by atoms with Crippen molar-refractivity contribution in [2.45, 2.75) is 321 Å². The maximum atomic E-state index is 12.5. The van der Waals surface area contributed by atoms with Gasteiger partial charge in [0, 0.05) is 6.42 Å². The second-order valence-corrected chi connectivity index (χ2v) is 20.7.